The van der Waals surface area contributed by atoms with Crippen LogP contribution in [-0.4, -0.2) is 42.2 Å². The van der Waals surface area contributed by atoms with Crippen LogP contribution in [0, 0.1) is 5.92 Å². The van der Waals surface area contributed by atoms with Gasteiger partial charge in [-0.15, -0.1) is 0 Å². The Morgan fingerprint density at radius 2 is 1.83 bits per heavy atom. The number of phenols is 1. The van der Waals surface area contributed by atoms with Gasteiger partial charge in [-0.3, -0.25) is 4.90 Å². The zero-order valence-electron chi connectivity index (χ0n) is 15.2. The van der Waals surface area contributed by atoms with Crippen molar-refractivity contribution < 1.29 is 5.11 Å². The summed E-state index contributed by atoms with van der Waals surface area (Å²) in [6.07, 6.45) is 9.04. The first-order chi connectivity index (χ1) is 11.7. The second kappa shape index (κ2) is 8.06. The fraction of sp³-hybridized carbons (Fsp3) is 0.619. The van der Waals surface area contributed by atoms with Crippen LogP contribution in [0.4, 0.5) is 5.69 Å². The van der Waals surface area contributed by atoms with Gasteiger partial charge in [-0.05, 0) is 55.9 Å². The minimum Gasteiger partial charge on any atom is -0.508 e. The molecular weight excluding hydrogens is 296 g/mol. The fourth-order valence-corrected chi connectivity index (χ4v) is 4.25. The number of nitrogens with zero attached hydrogens (tertiary/aromatic N) is 2. The highest BCUT2D eigenvalue weighted by atomic mass is 16.3. The number of allylic oxidation sites excluding steroid dienone is 1. The molecule has 1 aromatic carbocycles. The van der Waals surface area contributed by atoms with Gasteiger partial charge in [0, 0.05) is 37.9 Å². The summed E-state index contributed by atoms with van der Waals surface area (Å²) in [5.74, 6) is 1.13. The zero-order chi connectivity index (χ0) is 16.9. The zero-order valence-corrected chi connectivity index (χ0v) is 15.2. The van der Waals surface area contributed by atoms with Crippen LogP contribution < -0.4 is 4.90 Å². The number of anilines is 1. The van der Waals surface area contributed by atoms with E-state index in [1.807, 2.05) is 12.1 Å². The molecule has 0 aromatic heterocycles. The summed E-state index contributed by atoms with van der Waals surface area (Å²) >= 11 is 0. The van der Waals surface area contributed by atoms with Crippen LogP contribution in [0.25, 0.3) is 0 Å². The fourth-order valence-electron chi connectivity index (χ4n) is 4.25. The van der Waals surface area contributed by atoms with Gasteiger partial charge in [0.15, 0.2) is 0 Å². The van der Waals surface area contributed by atoms with Crippen molar-refractivity contribution in [2.75, 3.05) is 31.1 Å². The van der Waals surface area contributed by atoms with Crippen LogP contribution in [0.5, 0.6) is 5.75 Å². The van der Waals surface area contributed by atoms with E-state index in [0.29, 0.717) is 5.75 Å². The Kier molecular flexibility index (Phi) is 5.83. The number of benzene rings is 1. The first-order valence-corrected chi connectivity index (χ1v) is 9.64. The lowest BCUT2D eigenvalue weighted by molar-refractivity contribution is 0.171. The molecule has 0 amide bonds. The third-order valence-corrected chi connectivity index (χ3v) is 5.82. The van der Waals surface area contributed by atoms with Crippen molar-refractivity contribution in [3.63, 3.8) is 0 Å². The molecule has 0 spiro atoms. The Labute approximate surface area is 147 Å². The van der Waals surface area contributed by atoms with E-state index in [-0.39, 0.29) is 0 Å². The van der Waals surface area contributed by atoms with Gasteiger partial charge in [-0.2, -0.15) is 0 Å². The molecule has 3 nitrogen and oxygen atoms in total. The highest BCUT2D eigenvalue weighted by Crippen LogP contribution is 2.30. The molecule has 1 aliphatic heterocycles. The Bertz CT molecular complexity index is 543. The van der Waals surface area contributed by atoms with E-state index < -0.39 is 0 Å². The number of aromatic hydroxyl groups is 1. The molecule has 1 N–H and O–H groups in total. The summed E-state index contributed by atoms with van der Waals surface area (Å²) in [7, 11) is 0. The van der Waals surface area contributed by atoms with E-state index in [0.717, 1.165) is 38.1 Å². The highest BCUT2D eigenvalue weighted by Gasteiger charge is 2.26. The molecule has 1 fully saturated rings. The molecule has 2 aliphatic rings. The maximum Gasteiger partial charge on any atom is 0.115 e. The molecule has 1 heterocycles. The molecule has 3 rings (SSSR count). The van der Waals surface area contributed by atoms with Crippen molar-refractivity contribution in [3.8, 4) is 5.75 Å². The minimum atomic E-state index is 0.347. The third kappa shape index (κ3) is 4.13. The van der Waals surface area contributed by atoms with Gasteiger partial charge >= 0.3 is 0 Å². The average molecular weight is 329 g/mol. The van der Waals surface area contributed by atoms with Crippen LogP contribution in [0.2, 0.25) is 0 Å². The largest absolute Gasteiger partial charge is 0.508 e. The summed E-state index contributed by atoms with van der Waals surface area (Å²) in [4.78, 5) is 5.12. The smallest absolute Gasteiger partial charge is 0.115 e. The van der Waals surface area contributed by atoms with E-state index in [4.69, 9.17) is 0 Å². The highest BCUT2D eigenvalue weighted by molar-refractivity contribution is 5.49. The predicted molar refractivity (Wildman–Crippen MR) is 102 cm³/mol. The normalized spacial score (nSPS) is 23.8. The number of hydrogen-bond donors (Lipinski definition) is 1. The molecule has 0 saturated carbocycles. The Morgan fingerprint density at radius 1 is 1.12 bits per heavy atom. The van der Waals surface area contributed by atoms with Crippen molar-refractivity contribution in [2.24, 2.45) is 5.92 Å². The molecule has 3 heteroatoms. The molecule has 2 unspecified atom stereocenters. The van der Waals surface area contributed by atoms with Crippen molar-refractivity contribution in [1.29, 1.82) is 0 Å². The van der Waals surface area contributed by atoms with E-state index in [2.05, 4.69) is 29.7 Å². The topological polar surface area (TPSA) is 26.7 Å². The van der Waals surface area contributed by atoms with Crippen molar-refractivity contribution >= 4 is 5.69 Å². The van der Waals surface area contributed by atoms with E-state index in [9.17, 15) is 5.11 Å². The molecular formula is C21H32N2O. The first kappa shape index (κ1) is 17.3. The quantitative estimate of drug-likeness (QED) is 0.810. The second-order valence-corrected chi connectivity index (χ2v) is 7.44. The first-order valence-electron chi connectivity index (χ1n) is 9.64. The summed E-state index contributed by atoms with van der Waals surface area (Å²) in [6, 6.07) is 8.36. The number of hydrogen-bond acceptors (Lipinski definition) is 3. The van der Waals surface area contributed by atoms with Gasteiger partial charge < -0.3 is 10.0 Å². The lowest BCUT2D eigenvalue weighted by Crippen LogP contribution is -2.50. The maximum absolute atomic E-state index is 9.43. The monoisotopic (exact) mass is 328 g/mol. The molecule has 132 valence electrons. The SMILES string of the molecule is CCCC(C)C1=CCC(N2CCN(c3ccc(O)cc3)CC2)CC1. The van der Waals surface area contributed by atoms with E-state index in [1.54, 1.807) is 17.7 Å². The van der Waals surface area contributed by atoms with Gasteiger partial charge in [0.25, 0.3) is 0 Å². The standard InChI is InChI=1S/C21H32N2O/c1-3-4-17(2)18-5-7-19(8-6-18)22-13-15-23(16-14-22)20-9-11-21(24)12-10-20/h5,9-12,17,19,24H,3-4,6-8,13-16H2,1-2H3. The van der Waals surface area contributed by atoms with Gasteiger partial charge in [0.1, 0.15) is 5.75 Å². The third-order valence-electron chi connectivity index (χ3n) is 5.82. The minimum absolute atomic E-state index is 0.347. The number of rotatable bonds is 5. The Hall–Kier alpha value is -1.48. The van der Waals surface area contributed by atoms with Gasteiger partial charge in [-0.25, -0.2) is 0 Å². The van der Waals surface area contributed by atoms with Crippen LogP contribution in [0.3, 0.4) is 0 Å². The number of piperazine rings is 1. The van der Waals surface area contributed by atoms with Crippen molar-refractivity contribution in [3.05, 3.63) is 35.9 Å². The maximum atomic E-state index is 9.43. The number of phenolic OH excluding ortho intramolecular Hbond substituents is 1. The van der Waals surface area contributed by atoms with Gasteiger partial charge in [-0.1, -0.05) is 31.9 Å². The van der Waals surface area contributed by atoms with Crippen LogP contribution in [0.15, 0.2) is 35.9 Å². The summed E-state index contributed by atoms with van der Waals surface area (Å²) < 4.78 is 0. The summed E-state index contributed by atoms with van der Waals surface area (Å²) in [6.45, 7) is 9.16. The molecule has 0 bridgehead atoms. The van der Waals surface area contributed by atoms with E-state index >= 15 is 0 Å². The van der Waals surface area contributed by atoms with E-state index in [1.165, 1.54) is 37.8 Å². The second-order valence-electron chi connectivity index (χ2n) is 7.44. The molecule has 1 saturated heterocycles. The summed E-state index contributed by atoms with van der Waals surface area (Å²) in [5, 5.41) is 9.43. The molecule has 1 aliphatic carbocycles. The lowest BCUT2D eigenvalue weighted by Gasteiger charge is -2.41. The summed E-state index contributed by atoms with van der Waals surface area (Å²) in [5.41, 5.74) is 2.93. The molecule has 0 radical (unpaired) electrons. The van der Waals surface area contributed by atoms with Crippen molar-refractivity contribution in [2.45, 2.75) is 52.0 Å². The van der Waals surface area contributed by atoms with Crippen LogP contribution >= 0.6 is 0 Å². The molecule has 24 heavy (non-hydrogen) atoms. The Morgan fingerprint density at radius 3 is 2.42 bits per heavy atom. The predicted octanol–water partition coefficient (Wildman–Crippen LogP) is 4.43. The van der Waals surface area contributed by atoms with Crippen LogP contribution in [0.1, 0.15) is 46.0 Å². The van der Waals surface area contributed by atoms with Gasteiger partial charge in [0.2, 0.25) is 0 Å². The van der Waals surface area contributed by atoms with Crippen molar-refractivity contribution in [1.82, 2.24) is 4.90 Å². The Balaban J connectivity index is 1.50. The van der Waals surface area contributed by atoms with Crippen LogP contribution in [-0.2, 0) is 0 Å². The van der Waals surface area contributed by atoms with Gasteiger partial charge in [0.05, 0.1) is 0 Å². The lowest BCUT2D eigenvalue weighted by atomic mass is 9.85. The molecule has 1 aromatic rings. The molecule has 2 atom stereocenters. The average Bonchev–Trinajstić information content (AvgIpc) is 2.63.